The first-order chi connectivity index (χ1) is 9.59. The van der Waals surface area contributed by atoms with Gasteiger partial charge in [-0.2, -0.15) is 0 Å². The number of nitrogens with zero attached hydrogens (tertiary/aromatic N) is 1. The third-order valence-electron chi connectivity index (χ3n) is 3.17. The van der Waals surface area contributed by atoms with Crippen molar-refractivity contribution in [3.63, 3.8) is 0 Å². The Labute approximate surface area is 128 Å². The molecule has 0 spiro atoms. The van der Waals surface area contributed by atoms with E-state index in [2.05, 4.69) is 25.6 Å². The van der Waals surface area contributed by atoms with Gasteiger partial charge in [-0.3, -0.25) is 4.90 Å². The summed E-state index contributed by atoms with van der Waals surface area (Å²) < 4.78 is 32.8. The van der Waals surface area contributed by atoms with Crippen molar-refractivity contribution in [1.82, 2.24) is 9.62 Å². The normalized spacial score (nSPS) is 17.2. The quantitative estimate of drug-likeness (QED) is 0.778. The molecule has 0 aromatic heterocycles. The van der Waals surface area contributed by atoms with Crippen LogP contribution in [0.5, 0.6) is 0 Å². The van der Waals surface area contributed by atoms with Crippen molar-refractivity contribution >= 4 is 26.0 Å². The van der Waals surface area contributed by atoms with Crippen molar-refractivity contribution in [3.8, 4) is 0 Å². The minimum atomic E-state index is -3.43. The summed E-state index contributed by atoms with van der Waals surface area (Å²) in [7, 11) is -3.43. The van der Waals surface area contributed by atoms with E-state index < -0.39 is 10.0 Å². The Morgan fingerprint density at radius 1 is 1.25 bits per heavy atom. The molecule has 0 atom stereocenters. The Morgan fingerprint density at radius 2 is 1.95 bits per heavy atom. The molecule has 1 aliphatic rings. The van der Waals surface area contributed by atoms with Gasteiger partial charge in [0.25, 0.3) is 0 Å². The first-order valence-corrected chi connectivity index (χ1v) is 8.91. The fourth-order valence-electron chi connectivity index (χ4n) is 2.07. The van der Waals surface area contributed by atoms with E-state index in [4.69, 9.17) is 4.74 Å². The Hall–Kier alpha value is -0.470. The van der Waals surface area contributed by atoms with Gasteiger partial charge in [0, 0.05) is 24.1 Å². The van der Waals surface area contributed by atoms with E-state index in [-0.39, 0.29) is 4.90 Å². The Balaban J connectivity index is 1.79. The van der Waals surface area contributed by atoms with Crippen LogP contribution < -0.4 is 4.72 Å². The molecular weight excluding hydrogens is 344 g/mol. The third-order valence-corrected chi connectivity index (χ3v) is 5.65. The van der Waals surface area contributed by atoms with Crippen LogP contribution in [-0.2, 0) is 14.8 Å². The van der Waals surface area contributed by atoms with Crippen molar-refractivity contribution in [3.05, 3.63) is 28.7 Å². The molecule has 0 radical (unpaired) electrons. The van der Waals surface area contributed by atoms with E-state index in [9.17, 15) is 8.42 Å². The van der Waals surface area contributed by atoms with Crippen LogP contribution in [0.2, 0.25) is 0 Å². The van der Waals surface area contributed by atoms with E-state index in [1.165, 1.54) is 0 Å². The van der Waals surface area contributed by atoms with E-state index in [1.807, 2.05) is 0 Å². The van der Waals surface area contributed by atoms with Gasteiger partial charge in [-0.1, -0.05) is 12.1 Å². The number of benzene rings is 1. The highest BCUT2D eigenvalue weighted by Gasteiger charge is 2.16. The first kappa shape index (κ1) is 15.9. The lowest BCUT2D eigenvalue weighted by Crippen LogP contribution is -2.38. The average molecular weight is 363 g/mol. The number of rotatable bonds is 6. The molecular formula is C13H19BrN2O3S. The molecule has 20 heavy (non-hydrogen) atoms. The summed E-state index contributed by atoms with van der Waals surface area (Å²) in [5.74, 6) is 0. The van der Waals surface area contributed by atoms with Crippen LogP contribution in [0.4, 0.5) is 0 Å². The van der Waals surface area contributed by atoms with Gasteiger partial charge in [-0.15, -0.1) is 0 Å². The highest BCUT2D eigenvalue weighted by molar-refractivity contribution is 9.10. The largest absolute Gasteiger partial charge is 0.379 e. The zero-order valence-electron chi connectivity index (χ0n) is 11.2. The monoisotopic (exact) mass is 362 g/mol. The van der Waals surface area contributed by atoms with Crippen molar-refractivity contribution in [2.24, 2.45) is 0 Å². The number of halogens is 1. The highest BCUT2D eigenvalue weighted by Crippen LogP contribution is 2.20. The maximum atomic E-state index is 12.1. The molecule has 1 aliphatic heterocycles. The highest BCUT2D eigenvalue weighted by atomic mass is 79.9. The third kappa shape index (κ3) is 4.53. The first-order valence-electron chi connectivity index (χ1n) is 6.64. The van der Waals surface area contributed by atoms with Gasteiger partial charge in [-0.05, 0) is 41.0 Å². The molecule has 0 saturated carbocycles. The summed E-state index contributed by atoms with van der Waals surface area (Å²) in [5.41, 5.74) is 0. The van der Waals surface area contributed by atoms with E-state index in [0.29, 0.717) is 11.0 Å². The van der Waals surface area contributed by atoms with Gasteiger partial charge in [-0.25, -0.2) is 13.1 Å². The number of sulfonamides is 1. The molecule has 112 valence electrons. The van der Waals surface area contributed by atoms with Gasteiger partial charge >= 0.3 is 0 Å². The molecule has 2 rings (SSSR count). The summed E-state index contributed by atoms with van der Waals surface area (Å²) in [4.78, 5) is 2.57. The number of hydrogen-bond donors (Lipinski definition) is 1. The molecule has 0 amide bonds. The summed E-state index contributed by atoms with van der Waals surface area (Å²) in [5, 5.41) is 0. The SMILES string of the molecule is O=S(=O)(NCCCN1CCOCC1)c1ccccc1Br. The second-order valence-corrected chi connectivity index (χ2v) is 7.23. The van der Waals surface area contributed by atoms with Gasteiger partial charge in [0.05, 0.1) is 18.1 Å². The molecule has 1 N–H and O–H groups in total. The zero-order chi connectivity index (χ0) is 14.4. The molecule has 0 unspecified atom stereocenters. The summed E-state index contributed by atoms with van der Waals surface area (Å²) in [6.45, 7) is 4.72. The minimum absolute atomic E-state index is 0.284. The van der Waals surface area contributed by atoms with Crippen LogP contribution in [0.25, 0.3) is 0 Å². The predicted octanol–water partition coefficient (Wildman–Crippen LogP) is 1.45. The fraction of sp³-hybridized carbons (Fsp3) is 0.538. The van der Waals surface area contributed by atoms with Gasteiger partial charge < -0.3 is 4.74 Å². The summed E-state index contributed by atoms with van der Waals surface area (Å²) in [6.07, 6.45) is 0.795. The van der Waals surface area contributed by atoms with Crippen LogP contribution in [-0.4, -0.2) is 52.7 Å². The maximum Gasteiger partial charge on any atom is 0.241 e. The lowest BCUT2D eigenvalue weighted by Gasteiger charge is -2.26. The standard InChI is InChI=1S/C13H19BrN2O3S/c14-12-4-1-2-5-13(12)20(17,18)15-6-3-7-16-8-10-19-11-9-16/h1-2,4-5,15H,3,6-11H2. The average Bonchev–Trinajstić information content (AvgIpc) is 2.45. The Morgan fingerprint density at radius 3 is 2.65 bits per heavy atom. The number of morpholine rings is 1. The van der Waals surface area contributed by atoms with Crippen LogP contribution in [0.1, 0.15) is 6.42 Å². The Kier molecular flexibility index (Phi) is 5.98. The molecule has 7 heteroatoms. The van der Waals surface area contributed by atoms with Crippen molar-refractivity contribution < 1.29 is 13.2 Å². The molecule has 5 nitrogen and oxygen atoms in total. The lowest BCUT2D eigenvalue weighted by molar-refractivity contribution is 0.0376. The molecule has 1 saturated heterocycles. The topological polar surface area (TPSA) is 58.6 Å². The number of hydrogen-bond acceptors (Lipinski definition) is 4. The van der Waals surface area contributed by atoms with Crippen molar-refractivity contribution in [1.29, 1.82) is 0 Å². The molecule has 1 aromatic rings. The van der Waals surface area contributed by atoms with Crippen molar-refractivity contribution in [2.75, 3.05) is 39.4 Å². The maximum absolute atomic E-state index is 12.1. The Bertz CT molecular complexity index is 530. The van der Waals surface area contributed by atoms with Gasteiger partial charge in [0.1, 0.15) is 0 Å². The predicted molar refractivity (Wildman–Crippen MR) is 81.2 cm³/mol. The number of nitrogens with one attached hydrogen (secondary N) is 1. The van der Waals surface area contributed by atoms with Gasteiger partial charge in [0.15, 0.2) is 0 Å². The van der Waals surface area contributed by atoms with Crippen molar-refractivity contribution in [2.45, 2.75) is 11.3 Å². The van der Waals surface area contributed by atoms with Gasteiger partial charge in [0.2, 0.25) is 10.0 Å². The second kappa shape index (κ2) is 7.51. The van der Waals surface area contributed by atoms with Crippen LogP contribution in [0.15, 0.2) is 33.6 Å². The smallest absolute Gasteiger partial charge is 0.241 e. The van der Waals surface area contributed by atoms with Crippen LogP contribution in [0.3, 0.4) is 0 Å². The van der Waals surface area contributed by atoms with Crippen LogP contribution >= 0.6 is 15.9 Å². The molecule has 1 heterocycles. The fourth-order valence-corrected chi connectivity index (χ4v) is 4.15. The molecule has 1 aromatic carbocycles. The van der Waals surface area contributed by atoms with E-state index >= 15 is 0 Å². The minimum Gasteiger partial charge on any atom is -0.379 e. The zero-order valence-corrected chi connectivity index (χ0v) is 13.6. The van der Waals surface area contributed by atoms with Crippen LogP contribution in [0, 0.1) is 0 Å². The van der Waals surface area contributed by atoms with E-state index in [0.717, 1.165) is 39.3 Å². The number of ether oxygens (including phenoxy) is 1. The second-order valence-electron chi connectivity index (χ2n) is 4.64. The summed E-state index contributed by atoms with van der Waals surface area (Å²) >= 11 is 3.26. The summed E-state index contributed by atoms with van der Waals surface area (Å²) in [6, 6.07) is 6.82. The molecule has 0 bridgehead atoms. The lowest BCUT2D eigenvalue weighted by atomic mass is 10.3. The van der Waals surface area contributed by atoms with E-state index in [1.54, 1.807) is 24.3 Å². The molecule has 0 aliphatic carbocycles. The molecule has 1 fully saturated rings.